The molecule has 0 spiro atoms. The first kappa shape index (κ1) is 27.5. The summed E-state index contributed by atoms with van der Waals surface area (Å²) in [5, 5.41) is 2.60. The van der Waals surface area contributed by atoms with E-state index in [0.717, 1.165) is 16.4 Å². The Balaban J connectivity index is 1.70. The Morgan fingerprint density at radius 1 is 0.821 bits per heavy atom. The Kier molecular flexibility index (Phi) is 8.10. The van der Waals surface area contributed by atoms with Gasteiger partial charge in [-0.1, -0.05) is 42.5 Å². The molecule has 0 aliphatic rings. The van der Waals surface area contributed by atoms with Crippen molar-refractivity contribution in [2.24, 2.45) is 0 Å². The quantitative estimate of drug-likeness (QED) is 0.264. The second kappa shape index (κ2) is 11.5. The highest BCUT2D eigenvalue weighted by molar-refractivity contribution is 7.92. The Bertz CT molecular complexity index is 1530. The zero-order chi connectivity index (χ0) is 28.0. The highest BCUT2D eigenvalue weighted by Gasteiger charge is 2.31. The van der Waals surface area contributed by atoms with Crippen LogP contribution in [-0.2, 0) is 16.6 Å². The highest BCUT2D eigenvalue weighted by atomic mass is 32.2. The maximum Gasteiger partial charge on any atom is 0.573 e. The molecule has 0 unspecified atom stereocenters. The molecule has 202 valence electrons. The van der Waals surface area contributed by atoms with Gasteiger partial charge in [0.1, 0.15) is 11.5 Å². The summed E-state index contributed by atoms with van der Waals surface area (Å²) in [5.41, 5.74) is 1.04. The van der Waals surface area contributed by atoms with E-state index in [0.29, 0.717) is 11.3 Å². The van der Waals surface area contributed by atoms with E-state index in [-0.39, 0.29) is 28.4 Å². The number of nitrogens with zero attached hydrogens (tertiary/aromatic N) is 1. The van der Waals surface area contributed by atoms with Crippen LogP contribution in [0.1, 0.15) is 15.9 Å². The minimum Gasteiger partial charge on any atom is -0.497 e. The fourth-order valence-corrected chi connectivity index (χ4v) is 5.22. The van der Waals surface area contributed by atoms with Gasteiger partial charge in [-0.3, -0.25) is 9.10 Å². The topological polar surface area (TPSA) is 84.9 Å². The zero-order valence-corrected chi connectivity index (χ0v) is 21.4. The molecule has 0 aromatic heterocycles. The van der Waals surface area contributed by atoms with Gasteiger partial charge in [0.15, 0.2) is 0 Å². The molecule has 0 atom stereocenters. The van der Waals surface area contributed by atoms with Gasteiger partial charge in [0.2, 0.25) is 0 Å². The Morgan fingerprint density at radius 2 is 1.41 bits per heavy atom. The summed E-state index contributed by atoms with van der Waals surface area (Å²) in [7, 11) is -2.69. The van der Waals surface area contributed by atoms with Gasteiger partial charge < -0.3 is 14.8 Å². The van der Waals surface area contributed by atoms with Crippen LogP contribution in [0.5, 0.6) is 11.5 Å². The molecule has 0 fully saturated rings. The molecule has 0 radical (unpaired) electrons. The molecule has 0 aliphatic carbocycles. The van der Waals surface area contributed by atoms with Gasteiger partial charge in [0.25, 0.3) is 15.9 Å². The summed E-state index contributed by atoms with van der Waals surface area (Å²) in [6.45, 7) is -0.0665. The van der Waals surface area contributed by atoms with Crippen molar-refractivity contribution in [1.29, 1.82) is 0 Å². The molecule has 4 rings (SSSR count). The fraction of sp³-hybridized carbons (Fsp3) is 0.107. The standard InChI is InChI=1S/C28H23F3N2O5S/c1-37-22-15-17-24(18-16-22)39(35,36)33(19-20-7-3-2-4-8-20)26-10-6-5-9-25(26)27(34)32-21-11-13-23(14-12-21)38-28(29,30)31/h2-18H,19H2,1H3,(H,32,34). The summed E-state index contributed by atoms with van der Waals surface area (Å²) >= 11 is 0. The van der Waals surface area contributed by atoms with Crippen molar-refractivity contribution in [3.63, 3.8) is 0 Å². The van der Waals surface area contributed by atoms with Crippen LogP contribution in [0.15, 0.2) is 108 Å². The van der Waals surface area contributed by atoms with E-state index in [2.05, 4.69) is 10.1 Å². The number of carbonyl (C=O) groups excluding carboxylic acids is 1. The Morgan fingerprint density at radius 3 is 2.03 bits per heavy atom. The van der Waals surface area contributed by atoms with Crippen molar-refractivity contribution in [3.05, 3.63) is 114 Å². The van der Waals surface area contributed by atoms with Crippen LogP contribution in [-0.4, -0.2) is 27.8 Å². The lowest BCUT2D eigenvalue weighted by Crippen LogP contribution is -2.32. The second-order valence-corrected chi connectivity index (χ2v) is 10.1. The number of anilines is 2. The molecule has 0 bridgehead atoms. The first-order chi connectivity index (χ1) is 18.6. The molecule has 1 N–H and O–H groups in total. The number of sulfonamides is 1. The van der Waals surface area contributed by atoms with Crippen LogP contribution in [0.2, 0.25) is 0 Å². The summed E-state index contributed by atoms with van der Waals surface area (Å²) in [4.78, 5) is 13.3. The number of methoxy groups -OCH3 is 1. The molecular formula is C28H23F3N2O5S. The van der Waals surface area contributed by atoms with Crippen LogP contribution in [0, 0.1) is 0 Å². The van der Waals surface area contributed by atoms with Crippen LogP contribution in [0.4, 0.5) is 24.5 Å². The normalized spacial score (nSPS) is 11.5. The minimum atomic E-state index is -4.85. The average molecular weight is 557 g/mol. The first-order valence-corrected chi connectivity index (χ1v) is 13.0. The van der Waals surface area contributed by atoms with Crippen LogP contribution < -0.4 is 19.1 Å². The molecule has 0 heterocycles. The molecule has 7 nitrogen and oxygen atoms in total. The maximum atomic E-state index is 13.9. The highest BCUT2D eigenvalue weighted by Crippen LogP contribution is 2.31. The summed E-state index contributed by atoms with van der Waals surface area (Å²) in [5.74, 6) is -0.617. The molecule has 0 saturated carbocycles. The maximum absolute atomic E-state index is 13.9. The lowest BCUT2D eigenvalue weighted by atomic mass is 10.1. The molecule has 0 saturated heterocycles. The molecular weight excluding hydrogens is 533 g/mol. The molecule has 11 heteroatoms. The zero-order valence-electron chi connectivity index (χ0n) is 20.6. The van der Waals surface area contributed by atoms with Crippen molar-refractivity contribution in [1.82, 2.24) is 0 Å². The van der Waals surface area contributed by atoms with Crippen molar-refractivity contribution < 1.29 is 35.9 Å². The predicted octanol–water partition coefficient (Wildman–Crippen LogP) is 6.24. The van der Waals surface area contributed by atoms with Gasteiger partial charge in [-0.25, -0.2) is 8.42 Å². The number of carbonyl (C=O) groups is 1. The van der Waals surface area contributed by atoms with E-state index >= 15 is 0 Å². The predicted molar refractivity (Wildman–Crippen MR) is 140 cm³/mol. The average Bonchev–Trinajstić information content (AvgIpc) is 2.92. The number of hydrogen-bond donors (Lipinski definition) is 1. The van der Waals surface area contributed by atoms with E-state index in [9.17, 15) is 26.4 Å². The van der Waals surface area contributed by atoms with Crippen LogP contribution in [0.25, 0.3) is 0 Å². The molecule has 4 aromatic rings. The number of alkyl halides is 3. The number of para-hydroxylation sites is 1. The SMILES string of the molecule is COc1ccc(S(=O)(=O)N(Cc2ccccc2)c2ccccc2C(=O)Nc2ccc(OC(F)(F)F)cc2)cc1. The molecule has 4 aromatic carbocycles. The number of nitrogens with one attached hydrogen (secondary N) is 1. The number of hydrogen-bond acceptors (Lipinski definition) is 5. The van der Waals surface area contributed by atoms with E-state index in [4.69, 9.17) is 4.74 Å². The lowest BCUT2D eigenvalue weighted by Gasteiger charge is -2.26. The fourth-order valence-electron chi connectivity index (χ4n) is 3.75. The van der Waals surface area contributed by atoms with Crippen LogP contribution in [0.3, 0.4) is 0 Å². The number of benzene rings is 4. The number of halogens is 3. The van der Waals surface area contributed by atoms with Gasteiger partial charge in [0.05, 0.1) is 29.8 Å². The van der Waals surface area contributed by atoms with E-state index in [1.807, 2.05) is 0 Å². The van der Waals surface area contributed by atoms with E-state index < -0.39 is 28.0 Å². The lowest BCUT2D eigenvalue weighted by molar-refractivity contribution is -0.274. The largest absolute Gasteiger partial charge is 0.573 e. The Hall–Kier alpha value is -4.51. The molecule has 39 heavy (non-hydrogen) atoms. The summed E-state index contributed by atoms with van der Waals surface area (Å²) in [6, 6.07) is 25.6. The van der Waals surface area contributed by atoms with Crippen molar-refractivity contribution in [3.8, 4) is 11.5 Å². The van der Waals surface area contributed by atoms with Gasteiger partial charge in [-0.15, -0.1) is 13.2 Å². The van der Waals surface area contributed by atoms with Crippen LogP contribution >= 0.6 is 0 Å². The molecule has 1 amide bonds. The third-order valence-electron chi connectivity index (χ3n) is 5.58. The first-order valence-electron chi connectivity index (χ1n) is 11.5. The summed E-state index contributed by atoms with van der Waals surface area (Å²) in [6.07, 6.45) is -4.85. The van der Waals surface area contributed by atoms with Gasteiger partial charge in [-0.2, -0.15) is 0 Å². The van der Waals surface area contributed by atoms with E-state index in [1.165, 1.54) is 55.6 Å². The van der Waals surface area contributed by atoms with Crippen molar-refractivity contribution in [2.75, 3.05) is 16.7 Å². The van der Waals surface area contributed by atoms with Gasteiger partial charge >= 0.3 is 6.36 Å². The Labute approximate surface area is 223 Å². The van der Waals surface area contributed by atoms with E-state index in [1.54, 1.807) is 42.5 Å². The second-order valence-electron chi connectivity index (χ2n) is 8.22. The van der Waals surface area contributed by atoms with Gasteiger partial charge in [-0.05, 0) is 66.2 Å². The van der Waals surface area contributed by atoms with Crippen molar-refractivity contribution >= 4 is 27.3 Å². The molecule has 0 aliphatic heterocycles. The monoisotopic (exact) mass is 556 g/mol. The summed E-state index contributed by atoms with van der Waals surface area (Å²) < 4.78 is 75.2. The minimum absolute atomic E-state index is 0.00491. The number of ether oxygens (including phenoxy) is 2. The van der Waals surface area contributed by atoms with Crippen molar-refractivity contribution in [2.45, 2.75) is 17.8 Å². The third kappa shape index (κ3) is 6.88. The number of rotatable bonds is 9. The third-order valence-corrected chi connectivity index (χ3v) is 7.35. The number of amides is 1. The van der Waals surface area contributed by atoms with Gasteiger partial charge in [0, 0.05) is 5.69 Å². The smallest absolute Gasteiger partial charge is 0.497 e.